The Balaban J connectivity index is 1.45. The van der Waals surface area contributed by atoms with Crippen LogP contribution in [0.1, 0.15) is 13.3 Å². The summed E-state index contributed by atoms with van der Waals surface area (Å²) in [6, 6.07) is 8.23. The number of hydrogen-bond acceptors (Lipinski definition) is 6. The van der Waals surface area contributed by atoms with Gasteiger partial charge in [-0.3, -0.25) is 9.69 Å². The third-order valence-electron chi connectivity index (χ3n) is 4.33. The van der Waals surface area contributed by atoms with Crippen molar-refractivity contribution in [3.8, 4) is 5.75 Å². The number of nitrogens with zero attached hydrogens (tertiary/aromatic N) is 1. The van der Waals surface area contributed by atoms with Crippen molar-refractivity contribution in [3.63, 3.8) is 0 Å². The maximum Gasteiger partial charge on any atom is 0.336 e. The van der Waals surface area contributed by atoms with Crippen molar-refractivity contribution in [1.29, 1.82) is 0 Å². The van der Waals surface area contributed by atoms with Crippen molar-refractivity contribution in [2.24, 2.45) is 0 Å². The zero-order valence-electron chi connectivity index (χ0n) is 14.9. The van der Waals surface area contributed by atoms with E-state index in [9.17, 15) is 9.59 Å². The van der Waals surface area contributed by atoms with Crippen LogP contribution in [0.15, 0.2) is 39.5 Å². The Morgan fingerprint density at radius 1 is 1.27 bits per heavy atom. The molecule has 0 bridgehead atoms. The van der Waals surface area contributed by atoms with Crippen LogP contribution in [0.5, 0.6) is 5.75 Å². The molecule has 7 nitrogen and oxygen atoms in total. The van der Waals surface area contributed by atoms with Gasteiger partial charge in [0.1, 0.15) is 11.3 Å². The van der Waals surface area contributed by atoms with Crippen LogP contribution < -0.4 is 15.7 Å². The van der Waals surface area contributed by atoms with Crippen molar-refractivity contribution in [3.05, 3.63) is 40.8 Å². The van der Waals surface area contributed by atoms with Crippen LogP contribution in [-0.2, 0) is 9.53 Å². The zero-order valence-corrected chi connectivity index (χ0v) is 14.9. The largest absolute Gasteiger partial charge is 0.481 e. The molecule has 1 unspecified atom stereocenters. The van der Waals surface area contributed by atoms with Crippen molar-refractivity contribution < 1.29 is 18.7 Å². The van der Waals surface area contributed by atoms with Crippen LogP contribution in [0.25, 0.3) is 11.0 Å². The highest BCUT2D eigenvalue weighted by atomic mass is 16.5. The number of rotatable bonds is 7. The number of nitrogens with one attached hydrogen (secondary N) is 1. The average molecular weight is 360 g/mol. The molecule has 1 aromatic heterocycles. The van der Waals surface area contributed by atoms with E-state index >= 15 is 0 Å². The van der Waals surface area contributed by atoms with Gasteiger partial charge in [0.15, 0.2) is 6.10 Å². The lowest BCUT2D eigenvalue weighted by Gasteiger charge is -2.26. The lowest BCUT2D eigenvalue weighted by Crippen LogP contribution is -2.40. The van der Waals surface area contributed by atoms with E-state index in [1.165, 1.54) is 6.07 Å². The van der Waals surface area contributed by atoms with Crippen LogP contribution in [0.2, 0.25) is 0 Å². The maximum absolute atomic E-state index is 12.2. The minimum Gasteiger partial charge on any atom is -0.481 e. The monoisotopic (exact) mass is 360 g/mol. The van der Waals surface area contributed by atoms with Crippen molar-refractivity contribution in [2.45, 2.75) is 19.4 Å². The molecule has 2 aromatic rings. The number of hydrogen-bond donors (Lipinski definition) is 1. The normalized spacial score (nSPS) is 16.3. The molecule has 2 heterocycles. The summed E-state index contributed by atoms with van der Waals surface area (Å²) in [5.74, 6) is 0.324. The van der Waals surface area contributed by atoms with E-state index in [0.717, 1.165) is 44.7 Å². The minimum absolute atomic E-state index is 0.165. The Kier molecular flexibility index (Phi) is 6.25. The molecule has 0 saturated carbocycles. The van der Waals surface area contributed by atoms with E-state index in [1.807, 2.05) is 0 Å². The minimum atomic E-state index is -0.633. The van der Waals surface area contributed by atoms with Crippen LogP contribution >= 0.6 is 0 Å². The van der Waals surface area contributed by atoms with Crippen LogP contribution in [0.3, 0.4) is 0 Å². The van der Waals surface area contributed by atoms with E-state index in [2.05, 4.69) is 10.2 Å². The second-order valence-electron chi connectivity index (χ2n) is 6.31. The number of amides is 1. The molecule has 0 radical (unpaired) electrons. The summed E-state index contributed by atoms with van der Waals surface area (Å²) >= 11 is 0. The predicted octanol–water partition coefficient (Wildman–Crippen LogP) is 1.40. The second-order valence-corrected chi connectivity index (χ2v) is 6.31. The fourth-order valence-electron chi connectivity index (χ4n) is 2.85. The maximum atomic E-state index is 12.2. The Bertz CT molecular complexity index is 798. The molecular weight excluding hydrogens is 336 g/mol. The smallest absolute Gasteiger partial charge is 0.336 e. The van der Waals surface area contributed by atoms with Crippen molar-refractivity contribution >= 4 is 16.9 Å². The Morgan fingerprint density at radius 3 is 2.85 bits per heavy atom. The van der Waals surface area contributed by atoms with Gasteiger partial charge in [-0.05, 0) is 38.1 Å². The first kappa shape index (κ1) is 18.4. The third-order valence-corrected chi connectivity index (χ3v) is 4.33. The lowest BCUT2D eigenvalue weighted by atomic mass is 10.2. The molecule has 0 spiro atoms. The van der Waals surface area contributed by atoms with Crippen LogP contribution in [-0.4, -0.2) is 56.3 Å². The predicted molar refractivity (Wildman–Crippen MR) is 97.5 cm³/mol. The van der Waals surface area contributed by atoms with Gasteiger partial charge in [-0.15, -0.1) is 0 Å². The summed E-state index contributed by atoms with van der Waals surface area (Å²) in [6.45, 7) is 6.71. The lowest BCUT2D eigenvalue weighted by molar-refractivity contribution is -0.127. The molecule has 0 aliphatic carbocycles. The Morgan fingerprint density at radius 2 is 2.04 bits per heavy atom. The highest BCUT2D eigenvalue weighted by molar-refractivity contribution is 5.81. The quantitative estimate of drug-likeness (QED) is 0.594. The van der Waals surface area contributed by atoms with E-state index in [0.29, 0.717) is 17.9 Å². The van der Waals surface area contributed by atoms with Crippen LogP contribution in [0.4, 0.5) is 0 Å². The highest BCUT2D eigenvalue weighted by Crippen LogP contribution is 2.20. The molecule has 140 valence electrons. The van der Waals surface area contributed by atoms with E-state index in [-0.39, 0.29) is 5.91 Å². The molecule has 1 amide bonds. The number of carbonyl (C=O) groups excluding carboxylic acids is 1. The highest BCUT2D eigenvalue weighted by Gasteiger charge is 2.15. The standard InChI is InChI=1S/C19H24N2O5/c1-14(19(23)20-7-2-8-21-9-11-24-12-10-21)25-16-5-3-15-4-6-18(22)26-17(15)13-16/h3-6,13-14H,2,7-12H2,1H3,(H,20,23). The van der Waals surface area contributed by atoms with Gasteiger partial charge in [-0.1, -0.05) is 0 Å². The SMILES string of the molecule is CC(Oc1ccc2ccc(=O)oc2c1)C(=O)NCCCN1CCOCC1. The molecule has 1 fully saturated rings. The summed E-state index contributed by atoms with van der Waals surface area (Å²) in [5.41, 5.74) is 0.0221. The van der Waals surface area contributed by atoms with Crippen molar-refractivity contribution in [2.75, 3.05) is 39.4 Å². The number of carbonyl (C=O) groups is 1. The first-order valence-electron chi connectivity index (χ1n) is 8.90. The van der Waals surface area contributed by atoms with Gasteiger partial charge < -0.3 is 19.2 Å². The fraction of sp³-hybridized carbons (Fsp3) is 0.474. The van der Waals surface area contributed by atoms with Gasteiger partial charge in [0, 0.05) is 37.2 Å². The molecule has 1 saturated heterocycles. The Labute approximate surface area is 151 Å². The molecule has 1 aliphatic heterocycles. The third kappa shape index (κ3) is 5.06. The number of morpholine rings is 1. The first-order valence-corrected chi connectivity index (χ1v) is 8.90. The molecule has 7 heteroatoms. The molecule has 26 heavy (non-hydrogen) atoms. The van der Waals surface area contributed by atoms with Gasteiger partial charge in [-0.2, -0.15) is 0 Å². The molecule has 3 rings (SSSR count). The Hall–Kier alpha value is -2.38. The molecule has 1 atom stereocenters. The van der Waals surface area contributed by atoms with E-state index in [4.69, 9.17) is 13.9 Å². The summed E-state index contributed by atoms with van der Waals surface area (Å²) in [5, 5.41) is 3.70. The van der Waals surface area contributed by atoms with Gasteiger partial charge in [0.2, 0.25) is 0 Å². The van der Waals surface area contributed by atoms with Crippen molar-refractivity contribution in [1.82, 2.24) is 10.2 Å². The second kappa shape index (κ2) is 8.82. The first-order chi connectivity index (χ1) is 12.6. The molecular formula is C19H24N2O5. The number of ether oxygens (including phenoxy) is 2. The summed E-state index contributed by atoms with van der Waals surface area (Å²) in [4.78, 5) is 25.8. The van der Waals surface area contributed by atoms with E-state index in [1.54, 1.807) is 31.2 Å². The zero-order chi connectivity index (χ0) is 18.4. The topological polar surface area (TPSA) is 81.0 Å². The van der Waals surface area contributed by atoms with Gasteiger partial charge in [0.05, 0.1) is 13.2 Å². The fourth-order valence-corrected chi connectivity index (χ4v) is 2.85. The van der Waals surface area contributed by atoms with E-state index < -0.39 is 11.7 Å². The summed E-state index contributed by atoms with van der Waals surface area (Å²) < 4.78 is 16.1. The summed E-state index contributed by atoms with van der Waals surface area (Å²) in [7, 11) is 0. The molecule has 1 aliphatic rings. The number of benzene rings is 1. The molecule has 1 aromatic carbocycles. The van der Waals surface area contributed by atoms with Gasteiger partial charge in [0.25, 0.3) is 5.91 Å². The van der Waals surface area contributed by atoms with Crippen LogP contribution in [0, 0.1) is 0 Å². The van der Waals surface area contributed by atoms with Gasteiger partial charge >= 0.3 is 5.63 Å². The molecule has 1 N–H and O–H groups in total. The van der Waals surface area contributed by atoms with Gasteiger partial charge in [-0.25, -0.2) is 4.79 Å². The number of fused-ring (bicyclic) bond motifs is 1. The summed E-state index contributed by atoms with van der Waals surface area (Å²) in [6.07, 6.45) is 0.255. The average Bonchev–Trinajstić information content (AvgIpc) is 2.65.